The van der Waals surface area contributed by atoms with Crippen molar-refractivity contribution in [1.29, 1.82) is 0 Å². The minimum absolute atomic E-state index is 0.290. The van der Waals surface area contributed by atoms with Crippen molar-refractivity contribution in [2.24, 2.45) is 0 Å². The fourth-order valence-electron chi connectivity index (χ4n) is 2.33. The van der Waals surface area contributed by atoms with E-state index < -0.39 is 10.8 Å². The number of aromatic nitrogens is 3. The predicted octanol–water partition coefficient (Wildman–Crippen LogP) is 3.58. The molecule has 1 unspecified atom stereocenters. The second-order valence-electron chi connectivity index (χ2n) is 5.32. The summed E-state index contributed by atoms with van der Waals surface area (Å²) in [5, 5.41) is 0.464. The Bertz CT molecular complexity index is 833. The molecule has 0 saturated heterocycles. The predicted molar refractivity (Wildman–Crippen MR) is 96.0 cm³/mol. The van der Waals surface area contributed by atoms with Crippen molar-refractivity contribution in [2.75, 3.05) is 12.5 Å². The Hall–Kier alpha value is -1.92. The first kappa shape index (κ1) is 16.9. The van der Waals surface area contributed by atoms with Crippen molar-refractivity contribution in [2.45, 2.75) is 24.3 Å². The molecular weight excluding hydrogens is 346 g/mol. The van der Waals surface area contributed by atoms with Gasteiger partial charge >= 0.3 is 0 Å². The van der Waals surface area contributed by atoms with Crippen molar-refractivity contribution < 1.29 is 8.95 Å². The Balaban J connectivity index is 1.77. The van der Waals surface area contributed by atoms with Crippen LogP contribution in [0.1, 0.15) is 17.7 Å². The number of halogens is 1. The maximum absolute atomic E-state index is 12.6. The van der Waals surface area contributed by atoms with E-state index in [-0.39, 0.29) is 0 Å². The van der Waals surface area contributed by atoms with Gasteiger partial charge in [-0.15, -0.1) is 11.6 Å². The molecule has 0 radical (unpaired) electrons. The van der Waals surface area contributed by atoms with E-state index in [4.69, 9.17) is 16.3 Å². The van der Waals surface area contributed by atoms with Crippen LogP contribution in [0.15, 0.2) is 41.7 Å². The molecule has 7 heteroatoms. The summed E-state index contributed by atoms with van der Waals surface area (Å²) in [4.78, 5) is 11.8. The average Bonchev–Trinajstić information content (AvgIpc) is 3.02. The number of imidazole rings is 1. The van der Waals surface area contributed by atoms with E-state index >= 15 is 0 Å². The van der Waals surface area contributed by atoms with Gasteiger partial charge in [0.1, 0.15) is 5.75 Å². The molecule has 1 atom stereocenters. The highest BCUT2D eigenvalue weighted by Gasteiger charge is 2.14. The number of alkyl halides is 1. The van der Waals surface area contributed by atoms with Crippen LogP contribution in [-0.4, -0.2) is 31.6 Å². The van der Waals surface area contributed by atoms with E-state index in [1.165, 1.54) is 0 Å². The van der Waals surface area contributed by atoms with Gasteiger partial charge in [-0.1, -0.05) is 12.1 Å². The standard InChI is InChI=1S/C17H18ClN3O2S/c1-12-15(19-9-7-16(12)23-10-4-8-18)11-24(22)17-20-13-5-2-3-6-14(13)21-17/h2-3,5-7,9H,4,8,10-11H2,1H3,(H,20,21). The molecule has 3 aromatic rings. The van der Waals surface area contributed by atoms with Gasteiger partial charge in [0.2, 0.25) is 0 Å². The number of H-pyrrole nitrogens is 1. The van der Waals surface area contributed by atoms with E-state index in [0.717, 1.165) is 34.5 Å². The molecule has 0 bridgehead atoms. The number of para-hydroxylation sites is 2. The van der Waals surface area contributed by atoms with Gasteiger partial charge in [0, 0.05) is 17.6 Å². The number of ether oxygens (including phenoxy) is 1. The molecule has 0 aliphatic rings. The summed E-state index contributed by atoms with van der Waals surface area (Å²) in [5.41, 5.74) is 3.33. The van der Waals surface area contributed by atoms with Crippen LogP contribution in [0.4, 0.5) is 0 Å². The molecule has 0 saturated carbocycles. The highest BCUT2D eigenvalue weighted by atomic mass is 35.5. The topological polar surface area (TPSA) is 67.9 Å². The summed E-state index contributed by atoms with van der Waals surface area (Å²) in [7, 11) is -1.30. The van der Waals surface area contributed by atoms with Crippen molar-refractivity contribution in [1.82, 2.24) is 15.0 Å². The zero-order valence-electron chi connectivity index (χ0n) is 13.3. The van der Waals surface area contributed by atoms with Gasteiger partial charge in [0.15, 0.2) is 5.16 Å². The van der Waals surface area contributed by atoms with Crippen molar-refractivity contribution in [3.8, 4) is 5.75 Å². The normalized spacial score (nSPS) is 12.4. The molecule has 0 amide bonds. The van der Waals surface area contributed by atoms with Gasteiger partial charge in [0.05, 0.1) is 39.9 Å². The van der Waals surface area contributed by atoms with E-state index in [9.17, 15) is 4.21 Å². The molecule has 0 aliphatic heterocycles. The van der Waals surface area contributed by atoms with Gasteiger partial charge in [-0.3, -0.25) is 9.19 Å². The molecule has 2 heterocycles. The maximum atomic E-state index is 12.6. The van der Waals surface area contributed by atoms with Gasteiger partial charge in [-0.2, -0.15) is 0 Å². The minimum atomic E-state index is -1.30. The van der Waals surface area contributed by atoms with E-state index in [2.05, 4.69) is 15.0 Å². The highest BCUT2D eigenvalue weighted by Crippen LogP contribution is 2.22. The van der Waals surface area contributed by atoms with Crippen molar-refractivity contribution >= 4 is 33.4 Å². The third-order valence-corrected chi connectivity index (χ3v) is 5.07. The Morgan fingerprint density at radius 1 is 1.29 bits per heavy atom. The van der Waals surface area contributed by atoms with Crippen molar-refractivity contribution in [3.63, 3.8) is 0 Å². The fourth-order valence-corrected chi connectivity index (χ4v) is 3.54. The quantitative estimate of drug-likeness (QED) is 0.514. The molecule has 126 valence electrons. The van der Waals surface area contributed by atoms with Gasteiger partial charge in [-0.05, 0) is 31.5 Å². The lowest BCUT2D eigenvalue weighted by Crippen LogP contribution is -2.05. The largest absolute Gasteiger partial charge is 0.493 e. The molecule has 0 fully saturated rings. The van der Waals surface area contributed by atoms with Gasteiger partial charge in [-0.25, -0.2) is 4.98 Å². The smallest absolute Gasteiger partial charge is 0.197 e. The molecule has 1 N–H and O–H groups in total. The second-order valence-corrected chi connectivity index (χ2v) is 7.07. The third-order valence-electron chi connectivity index (χ3n) is 3.65. The molecule has 0 aliphatic carbocycles. The number of aromatic amines is 1. The first-order valence-corrected chi connectivity index (χ1v) is 9.50. The monoisotopic (exact) mass is 363 g/mol. The van der Waals surface area contributed by atoms with Gasteiger partial charge < -0.3 is 9.72 Å². The first-order chi connectivity index (χ1) is 11.7. The average molecular weight is 364 g/mol. The molecule has 1 aromatic carbocycles. The van der Waals surface area contributed by atoms with Crippen LogP contribution >= 0.6 is 11.6 Å². The first-order valence-electron chi connectivity index (χ1n) is 7.65. The summed E-state index contributed by atoms with van der Waals surface area (Å²) in [5.74, 6) is 1.61. The van der Waals surface area contributed by atoms with E-state index in [1.54, 1.807) is 6.20 Å². The van der Waals surface area contributed by atoms with Crippen molar-refractivity contribution in [3.05, 3.63) is 47.8 Å². The number of nitrogens with zero attached hydrogens (tertiary/aromatic N) is 2. The summed E-state index contributed by atoms with van der Waals surface area (Å²) >= 11 is 5.67. The lowest BCUT2D eigenvalue weighted by atomic mass is 10.2. The van der Waals surface area contributed by atoms with Crippen LogP contribution in [-0.2, 0) is 16.6 Å². The second kappa shape index (κ2) is 7.77. The number of hydrogen-bond acceptors (Lipinski definition) is 4. The number of fused-ring (bicyclic) bond motifs is 1. The Kier molecular flexibility index (Phi) is 5.48. The maximum Gasteiger partial charge on any atom is 0.197 e. The number of benzene rings is 1. The van der Waals surface area contributed by atoms with Crippen LogP contribution in [0.25, 0.3) is 11.0 Å². The summed E-state index contributed by atoms with van der Waals surface area (Å²) in [6.45, 7) is 2.48. The van der Waals surface area contributed by atoms with Crippen LogP contribution in [0.2, 0.25) is 0 Å². The minimum Gasteiger partial charge on any atom is -0.493 e. The summed E-state index contributed by atoms with van der Waals surface area (Å²) in [6.07, 6.45) is 2.46. The Morgan fingerprint density at radius 3 is 2.92 bits per heavy atom. The highest BCUT2D eigenvalue weighted by molar-refractivity contribution is 7.84. The zero-order valence-corrected chi connectivity index (χ0v) is 14.9. The Morgan fingerprint density at radius 2 is 2.12 bits per heavy atom. The molecule has 3 rings (SSSR count). The zero-order chi connectivity index (χ0) is 16.9. The van der Waals surface area contributed by atoms with E-state index in [0.29, 0.717) is 23.4 Å². The molecular formula is C17H18ClN3O2S. The number of pyridine rings is 1. The van der Waals surface area contributed by atoms with Crippen LogP contribution in [0.5, 0.6) is 5.75 Å². The molecule has 0 spiro atoms. The lowest BCUT2D eigenvalue weighted by molar-refractivity contribution is 0.315. The summed E-state index contributed by atoms with van der Waals surface area (Å²) in [6, 6.07) is 9.44. The number of rotatable bonds is 7. The fraction of sp³-hybridized carbons (Fsp3) is 0.294. The van der Waals surface area contributed by atoms with Crippen LogP contribution < -0.4 is 4.74 Å². The van der Waals surface area contributed by atoms with E-state index in [1.807, 2.05) is 37.3 Å². The summed E-state index contributed by atoms with van der Waals surface area (Å²) < 4.78 is 18.3. The molecule has 2 aromatic heterocycles. The number of nitrogens with one attached hydrogen (secondary N) is 1. The third kappa shape index (κ3) is 3.76. The Labute approximate surface area is 147 Å². The molecule has 24 heavy (non-hydrogen) atoms. The van der Waals surface area contributed by atoms with Gasteiger partial charge in [0.25, 0.3) is 0 Å². The molecule has 5 nitrogen and oxygen atoms in total. The lowest BCUT2D eigenvalue weighted by Gasteiger charge is -2.11. The number of hydrogen-bond donors (Lipinski definition) is 1. The van der Waals surface area contributed by atoms with Crippen LogP contribution in [0.3, 0.4) is 0 Å². The van der Waals surface area contributed by atoms with Crippen LogP contribution in [0, 0.1) is 6.92 Å². The SMILES string of the molecule is Cc1c(OCCCCl)ccnc1CS(=O)c1nc2ccccc2[nH]1.